The van der Waals surface area contributed by atoms with Crippen molar-refractivity contribution >= 4 is 23.4 Å². The largest absolute Gasteiger partial charge is 0.369 e. The molecule has 1 atom stereocenters. The van der Waals surface area contributed by atoms with Crippen LogP contribution in [0.5, 0.6) is 0 Å². The second-order valence-corrected chi connectivity index (χ2v) is 10.7. The second-order valence-electron chi connectivity index (χ2n) is 9.51. The van der Waals surface area contributed by atoms with Gasteiger partial charge >= 0.3 is 0 Å². The van der Waals surface area contributed by atoms with Gasteiger partial charge in [0, 0.05) is 80.8 Å². The minimum Gasteiger partial charge on any atom is -0.369 e. The molecule has 1 amide bonds. The molecule has 1 aliphatic carbocycles. The first-order valence-corrected chi connectivity index (χ1v) is 13.1. The van der Waals surface area contributed by atoms with E-state index in [0.29, 0.717) is 11.7 Å². The first-order valence-electron chi connectivity index (χ1n) is 12.0. The Morgan fingerprint density at radius 3 is 2.53 bits per heavy atom. The summed E-state index contributed by atoms with van der Waals surface area (Å²) in [7, 11) is 2.00. The molecule has 3 aliphatic rings. The molecule has 0 N–H and O–H groups in total. The van der Waals surface area contributed by atoms with Gasteiger partial charge in [0.05, 0.1) is 0 Å². The molecule has 32 heavy (non-hydrogen) atoms. The molecule has 0 saturated carbocycles. The topological polar surface area (TPSA) is 44.6 Å². The highest BCUT2D eigenvalue weighted by Gasteiger charge is 2.34. The summed E-state index contributed by atoms with van der Waals surface area (Å²) in [4.78, 5) is 20.4. The third-order valence-electron chi connectivity index (χ3n) is 7.45. The monoisotopic (exact) mass is 453 g/mol. The van der Waals surface area contributed by atoms with Gasteiger partial charge in [0.15, 0.2) is 5.69 Å². The molecule has 0 unspecified atom stereocenters. The van der Waals surface area contributed by atoms with Crippen LogP contribution in [-0.2, 0) is 19.9 Å². The van der Waals surface area contributed by atoms with E-state index in [9.17, 15) is 4.79 Å². The molecule has 3 heterocycles. The number of hydrogen-bond acceptors (Lipinski definition) is 5. The molecule has 2 saturated heterocycles. The number of hydrogen-bond donors (Lipinski definition) is 0. The number of nitrogens with zero attached hydrogens (tertiary/aromatic N) is 5. The predicted octanol–water partition coefficient (Wildman–Crippen LogP) is 2.91. The number of fused-ring (bicyclic) bond motifs is 1. The van der Waals surface area contributed by atoms with E-state index in [2.05, 4.69) is 41.8 Å². The van der Waals surface area contributed by atoms with Gasteiger partial charge in [-0.3, -0.25) is 14.4 Å². The van der Waals surface area contributed by atoms with E-state index in [1.54, 1.807) is 0 Å². The first-order chi connectivity index (χ1) is 15.5. The molecule has 2 fully saturated rings. The number of piperazine rings is 1. The van der Waals surface area contributed by atoms with Gasteiger partial charge < -0.3 is 9.80 Å². The number of anilines is 1. The fourth-order valence-electron chi connectivity index (χ4n) is 5.66. The summed E-state index contributed by atoms with van der Waals surface area (Å²) in [6, 6.07) is 7.29. The van der Waals surface area contributed by atoms with Crippen LogP contribution in [0.3, 0.4) is 0 Å². The number of aromatic nitrogens is 2. The molecule has 0 radical (unpaired) electrons. The molecule has 0 spiro atoms. The molecule has 7 heteroatoms. The van der Waals surface area contributed by atoms with E-state index in [1.165, 1.54) is 28.1 Å². The van der Waals surface area contributed by atoms with Crippen LogP contribution >= 0.6 is 11.8 Å². The smallest absolute Gasteiger partial charge is 0.274 e. The molecule has 172 valence electrons. The van der Waals surface area contributed by atoms with Gasteiger partial charge in [0.1, 0.15) is 0 Å². The Labute approximate surface area is 195 Å². The molecule has 0 bridgehead atoms. The van der Waals surface area contributed by atoms with Crippen molar-refractivity contribution in [3.63, 3.8) is 0 Å². The zero-order valence-electron chi connectivity index (χ0n) is 19.6. The van der Waals surface area contributed by atoms with Gasteiger partial charge in [-0.2, -0.15) is 16.9 Å². The van der Waals surface area contributed by atoms with Crippen LogP contribution in [0.25, 0.3) is 0 Å². The maximum atomic E-state index is 13.2. The van der Waals surface area contributed by atoms with Crippen LogP contribution in [0.2, 0.25) is 0 Å². The Morgan fingerprint density at radius 2 is 1.81 bits per heavy atom. The summed E-state index contributed by atoms with van der Waals surface area (Å²) in [6.45, 7) is 10.4. The third-order valence-corrected chi connectivity index (χ3v) is 8.40. The molecule has 2 aromatic rings. The number of rotatable bonds is 3. The molecule has 5 rings (SSSR count). The maximum absolute atomic E-state index is 13.2. The minimum atomic E-state index is 0.141. The van der Waals surface area contributed by atoms with Crippen molar-refractivity contribution in [3.8, 4) is 0 Å². The van der Waals surface area contributed by atoms with Crippen molar-refractivity contribution < 1.29 is 4.79 Å². The van der Waals surface area contributed by atoms with Gasteiger partial charge in [0.25, 0.3) is 5.91 Å². The lowest BCUT2D eigenvalue weighted by molar-refractivity contribution is 0.0763. The number of amides is 1. The average molecular weight is 454 g/mol. The Morgan fingerprint density at radius 1 is 1.06 bits per heavy atom. The highest BCUT2D eigenvalue weighted by atomic mass is 32.2. The summed E-state index contributed by atoms with van der Waals surface area (Å²) in [5.41, 5.74) is 7.27. The number of thioether (sulfide) groups is 1. The normalized spacial score (nSPS) is 22.2. The number of benzene rings is 1. The van der Waals surface area contributed by atoms with E-state index in [0.717, 1.165) is 70.0 Å². The van der Waals surface area contributed by atoms with Crippen molar-refractivity contribution in [2.75, 3.05) is 55.7 Å². The second kappa shape index (κ2) is 9.10. The van der Waals surface area contributed by atoms with Gasteiger partial charge in [-0.1, -0.05) is 17.7 Å². The SMILES string of the molecule is Cc1ccc(N2CCN([C@H]3CCc4c(c(C(=O)N5CCSCC5)nn4C)C3)CC2)c(C)c1. The molecule has 1 aromatic carbocycles. The third kappa shape index (κ3) is 4.17. The van der Waals surface area contributed by atoms with Crippen molar-refractivity contribution in [2.24, 2.45) is 7.05 Å². The number of carbonyl (C=O) groups excluding carboxylic acids is 1. The lowest BCUT2D eigenvalue weighted by atomic mass is 9.89. The van der Waals surface area contributed by atoms with Crippen molar-refractivity contribution in [1.82, 2.24) is 19.6 Å². The lowest BCUT2D eigenvalue weighted by Gasteiger charge is -2.42. The first kappa shape index (κ1) is 21.8. The van der Waals surface area contributed by atoms with E-state index < -0.39 is 0 Å². The molecule has 2 aliphatic heterocycles. The van der Waals surface area contributed by atoms with E-state index in [4.69, 9.17) is 5.10 Å². The summed E-state index contributed by atoms with van der Waals surface area (Å²) in [5, 5.41) is 4.71. The van der Waals surface area contributed by atoms with Crippen LogP contribution in [-0.4, -0.2) is 82.3 Å². The maximum Gasteiger partial charge on any atom is 0.274 e. The summed E-state index contributed by atoms with van der Waals surface area (Å²) < 4.78 is 1.97. The van der Waals surface area contributed by atoms with Crippen LogP contribution in [0.1, 0.15) is 39.3 Å². The zero-order valence-corrected chi connectivity index (χ0v) is 20.5. The Kier molecular flexibility index (Phi) is 6.21. The van der Waals surface area contributed by atoms with Gasteiger partial charge in [-0.05, 0) is 44.7 Å². The van der Waals surface area contributed by atoms with Crippen molar-refractivity contribution in [3.05, 3.63) is 46.3 Å². The minimum absolute atomic E-state index is 0.141. The van der Waals surface area contributed by atoms with Crippen LogP contribution in [0, 0.1) is 13.8 Å². The van der Waals surface area contributed by atoms with Crippen LogP contribution in [0.4, 0.5) is 5.69 Å². The van der Waals surface area contributed by atoms with Crippen LogP contribution < -0.4 is 4.90 Å². The van der Waals surface area contributed by atoms with Gasteiger partial charge in [0.2, 0.25) is 0 Å². The Balaban J connectivity index is 1.27. The number of carbonyl (C=O) groups is 1. The van der Waals surface area contributed by atoms with E-state index in [-0.39, 0.29) is 5.91 Å². The van der Waals surface area contributed by atoms with E-state index >= 15 is 0 Å². The molecule has 6 nitrogen and oxygen atoms in total. The Bertz CT molecular complexity index is 988. The zero-order chi connectivity index (χ0) is 22.2. The standard InChI is InChI=1S/C25H35N5OS/c1-18-4-6-22(19(2)16-18)29-10-8-28(9-11-29)20-5-7-23-21(17-20)24(26-27(23)3)25(31)30-12-14-32-15-13-30/h4,6,16,20H,5,7-15,17H2,1-3H3/t20-/m0/s1. The summed E-state index contributed by atoms with van der Waals surface area (Å²) >= 11 is 1.93. The molecular formula is C25H35N5OS. The average Bonchev–Trinajstić information content (AvgIpc) is 3.15. The summed E-state index contributed by atoms with van der Waals surface area (Å²) in [5.74, 6) is 2.21. The van der Waals surface area contributed by atoms with Gasteiger partial charge in [-0.25, -0.2) is 0 Å². The molecular weight excluding hydrogens is 418 g/mol. The van der Waals surface area contributed by atoms with Crippen LogP contribution in [0.15, 0.2) is 18.2 Å². The Hall–Kier alpha value is -1.99. The van der Waals surface area contributed by atoms with Gasteiger partial charge in [-0.15, -0.1) is 0 Å². The predicted molar refractivity (Wildman–Crippen MR) is 132 cm³/mol. The lowest BCUT2D eigenvalue weighted by Crippen LogP contribution is -2.52. The fourth-order valence-corrected chi connectivity index (χ4v) is 6.56. The molecule has 1 aromatic heterocycles. The number of aryl methyl sites for hydroxylation is 3. The summed E-state index contributed by atoms with van der Waals surface area (Å²) in [6.07, 6.45) is 3.13. The van der Waals surface area contributed by atoms with Crippen molar-refractivity contribution in [2.45, 2.75) is 39.2 Å². The van der Waals surface area contributed by atoms with Crippen molar-refractivity contribution in [1.29, 1.82) is 0 Å². The highest BCUT2D eigenvalue weighted by Crippen LogP contribution is 2.30. The highest BCUT2D eigenvalue weighted by molar-refractivity contribution is 7.99. The quantitative estimate of drug-likeness (QED) is 0.715. The van der Waals surface area contributed by atoms with E-state index in [1.807, 2.05) is 28.4 Å². The fraction of sp³-hybridized carbons (Fsp3) is 0.600.